The fraction of sp³-hybridized carbons (Fsp3) is 0.360. The molecule has 11 nitrogen and oxygen atoms in total. The van der Waals surface area contributed by atoms with Crippen molar-refractivity contribution in [3.8, 4) is 23.0 Å². The Morgan fingerprint density at radius 1 is 0.816 bits per heavy atom. The van der Waals surface area contributed by atoms with Crippen molar-refractivity contribution in [2.45, 2.75) is 32.8 Å². The third kappa shape index (κ3) is 10.9. The monoisotopic (exact) mass is 553 g/mol. The molecular weight excluding hydrogens is 522 g/mol. The van der Waals surface area contributed by atoms with Gasteiger partial charge in [-0.05, 0) is 26.0 Å². The first-order valence-electron chi connectivity index (χ1n) is 13.1. The van der Waals surface area contributed by atoms with Gasteiger partial charge in [-0.25, -0.2) is 0 Å². The summed E-state index contributed by atoms with van der Waals surface area (Å²) in [6.45, 7) is -4.75. The molecule has 1 N–H and O–H groups in total. The summed E-state index contributed by atoms with van der Waals surface area (Å²) < 4.78 is 59.8. The number of rotatable bonds is 14. The van der Waals surface area contributed by atoms with Gasteiger partial charge in [0.2, 0.25) is 0 Å². The number of esters is 2. The quantitative estimate of drug-likeness (QED) is 0.103. The number of carbonyl (C=O) groups is 4. The van der Waals surface area contributed by atoms with Crippen LogP contribution in [0.1, 0.15) is 54.3 Å². The number of ketones is 2. The summed E-state index contributed by atoms with van der Waals surface area (Å²) in [7, 11) is 0. The molecule has 194 valence electrons. The van der Waals surface area contributed by atoms with Crippen LogP contribution in [-0.4, -0.2) is 61.0 Å². The van der Waals surface area contributed by atoms with Gasteiger partial charge in [0.25, 0.3) is 0 Å². The summed E-state index contributed by atoms with van der Waals surface area (Å²) in [6, 6.07) is 5.73. The van der Waals surface area contributed by atoms with E-state index < -0.39 is 89.7 Å². The molecule has 0 spiro atoms. The number of aliphatic hydroxyl groups is 1. The van der Waals surface area contributed by atoms with Crippen LogP contribution in [-0.2, 0) is 19.1 Å². The molecule has 0 radical (unpaired) electrons. The molecule has 0 fully saturated rings. The Morgan fingerprint density at radius 2 is 1.18 bits per heavy atom. The molecule has 0 heterocycles. The largest absolute Gasteiger partial charge is 1.00 e. The second-order valence-electron chi connectivity index (χ2n) is 6.83. The molecular formula is C25H26Na2O11. The summed E-state index contributed by atoms with van der Waals surface area (Å²) in [4.78, 5) is 48.6. The van der Waals surface area contributed by atoms with Crippen LogP contribution in [0.2, 0.25) is 0 Å². The van der Waals surface area contributed by atoms with E-state index in [1.165, 1.54) is 13.8 Å². The normalized spacial score (nSPS) is 13.0. The molecule has 2 aromatic rings. The Kier molecular flexibility index (Phi) is 13.2. The van der Waals surface area contributed by atoms with Gasteiger partial charge in [-0.2, -0.15) is 0 Å². The van der Waals surface area contributed by atoms with Crippen LogP contribution >= 0.6 is 0 Å². The van der Waals surface area contributed by atoms with Crippen LogP contribution in [0.25, 0.3) is 0 Å². The Morgan fingerprint density at radius 3 is 1.53 bits per heavy atom. The Labute approximate surface area is 271 Å². The second-order valence-corrected chi connectivity index (χ2v) is 6.83. The average molecular weight is 553 g/mol. The maximum absolute atomic E-state index is 12.6. The minimum absolute atomic E-state index is 0. The third-order valence-electron chi connectivity index (χ3n) is 4.27. The van der Waals surface area contributed by atoms with Crippen molar-refractivity contribution in [3.63, 3.8) is 0 Å². The molecule has 0 aliphatic rings. The number of ether oxygens (including phenoxy) is 4. The summed E-state index contributed by atoms with van der Waals surface area (Å²) in [5, 5.41) is 35.4. The number of hydrogen-bond donors (Lipinski definition) is 1. The standard InChI is InChI=1S/C25H28O11.2Na/c1-3-33-22(31)11-18(29)24-16(27)7-5-9-20(24)35-13-15(26)14-36-21-10-6-8-17(28)25(21)19(30)12-23(32)34-4-2;;/h5-10,15,26-28H,3-4,11-14H2,1-2H3;;/q;2*+1/p-2/i13D2,14D2,15D;;. The number of Topliss-reactive ketones (excluding diaryl/α,β-unsaturated/α-hetero) is 2. The first-order chi connectivity index (χ1) is 19.0. The van der Waals surface area contributed by atoms with E-state index in [-0.39, 0.29) is 72.3 Å². The van der Waals surface area contributed by atoms with Gasteiger partial charge in [-0.15, -0.1) is 0 Å². The van der Waals surface area contributed by atoms with E-state index in [0.717, 1.165) is 36.4 Å². The molecule has 0 saturated carbocycles. The number of hydrogen-bond acceptors (Lipinski definition) is 11. The van der Waals surface area contributed by atoms with E-state index in [1.807, 2.05) is 0 Å². The van der Waals surface area contributed by atoms with E-state index in [4.69, 9.17) is 16.3 Å². The van der Waals surface area contributed by atoms with Crippen LogP contribution in [0, 0.1) is 0 Å². The fourth-order valence-corrected chi connectivity index (χ4v) is 2.83. The van der Waals surface area contributed by atoms with Gasteiger partial charge in [0.15, 0.2) is 11.6 Å². The van der Waals surface area contributed by atoms with Crippen LogP contribution in [0.5, 0.6) is 23.0 Å². The van der Waals surface area contributed by atoms with Crippen LogP contribution in [0.4, 0.5) is 0 Å². The van der Waals surface area contributed by atoms with Crippen LogP contribution in [0.15, 0.2) is 36.4 Å². The van der Waals surface area contributed by atoms with Gasteiger partial charge >= 0.3 is 71.1 Å². The second kappa shape index (κ2) is 18.2. The topological polar surface area (TPSA) is 172 Å². The molecule has 0 saturated heterocycles. The van der Waals surface area contributed by atoms with Gasteiger partial charge in [-0.3, -0.25) is 19.2 Å². The van der Waals surface area contributed by atoms with Crippen molar-refractivity contribution < 1.29 is 119 Å². The van der Waals surface area contributed by atoms with Gasteiger partial charge in [-0.1, -0.05) is 35.8 Å². The zero-order valence-corrected chi connectivity index (χ0v) is 25.3. The SMILES string of the molecule is [2H]C([2H])(Oc1cccc([O-])c1C(=O)CC(=O)OCC)C([2H])(O)C([2H])([2H])Oc1cccc([O-])c1C(=O)CC(=O)OCC.[Na+].[Na+]. The average Bonchev–Trinajstić information content (AvgIpc) is 2.83. The van der Waals surface area contributed by atoms with Crippen molar-refractivity contribution in [2.24, 2.45) is 0 Å². The summed E-state index contributed by atoms with van der Waals surface area (Å²) in [5.41, 5.74) is -1.65. The van der Waals surface area contributed by atoms with Crippen molar-refractivity contribution >= 4 is 23.5 Å². The van der Waals surface area contributed by atoms with Gasteiger partial charge in [0, 0.05) is 0 Å². The van der Waals surface area contributed by atoms with E-state index in [2.05, 4.69) is 9.47 Å². The minimum atomic E-state index is -4.01. The third-order valence-corrected chi connectivity index (χ3v) is 4.27. The van der Waals surface area contributed by atoms with Crippen molar-refractivity contribution in [2.75, 3.05) is 26.3 Å². The van der Waals surface area contributed by atoms with E-state index in [9.17, 15) is 34.5 Å². The van der Waals surface area contributed by atoms with Gasteiger partial charge < -0.3 is 34.3 Å². The van der Waals surface area contributed by atoms with E-state index >= 15 is 0 Å². The summed E-state index contributed by atoms with van der Waals surface area (Å²) >= 11 is 0. The first-order valence-corrected chi connectivity index (χ1v) is 10.6. The first kappa shape index (κ1) is 27.4. The maximum atomic E-state index is 12.6. The van der Waals surface area contributed by atoms with E-state index in [1.54, 1.807) is 0 Å². The van der Waals surface area contributed by atoms with Crippen molar-refractivity contribution in [1.82, 2.24) is 0 Å². The maximum Gasteiger partial charge on any atom is 1.00 e. The Bertz CT molecular complexity index is 1230. The van der Waals surface area contributed by atoms with Crippen molar-refractivity contribution in [3.05, 3.63) is 47.5 Å². The van der Waals surface area contributed by atoms with Crippen LogP contribution < -0.4 is 78.8 Å². The zero-order valence-electron chi connectivity index (χ0n) is 26.3. The van der Waals surface area contributed by atoms with Gasteiger partial charge in [0.1, 0.15) is 43.5 Å². The van der Waals surface area contributed by atoms with E-state index in [0.29, 0.717) is 0 Å². The number of benzene rings is 2. The predicted molar refractivity (Wildman–Crippen MR) is 120 cm³/mol. The Hall–Kier alpha value is -2.12. The molecule has 0 bridgehead atoms. The van der Waals surface area contributed by atoms with Crippen LogP contribution in [0.3, 0.4) is 0 Å². The summed E-state index contributed by atoms with van der Waals surface area (Å²) in [6.07, 6.45) is -5.86. The molecule has 13 heteroatoms. The fourth-order valence-electron chi connectivity index (χ4n) is 2.83. The molecule has 2 rings (SSSR count). The molecule has 0 atom stereocenters. The predicted octanol–water partition coefficient (Wildman–Crippen LogP) is -5.07. The minimum Gasteiger partial charge on any atom is -0.872 e. The molecule has 0 aliphatic carbocycles. The molecule has 0 aromatic heterocycles. The number of carbonyl (C=O) groups excluding carboxylic acids is 4. The van der Waals surface area contributed by atoms with Gasteiger partial charge in [0.05, 0.1) is 31.2 Å². The summed E-state index contributed by atoms with van der Waals surface area (Å²) in [5.74, 6) is -7.92. The zero-order chi connectivity index (χ0) is 31.2. The molecule has 2 aromatic carbocycles. The molecule has 38 heavy (non-hydrogen) atoms. The molecule has 0 amide bonds. The van der Waals surface area contributed by atoms with Crippen molar-refractivity contribution in [1.29, 1.82) is 0 Å². The Balaban J connectivity index is 0.00000882. The smallest absolute Gasteiger partial charge is 0.872 e. The molecule has 0 unspecified atom stereocenters. The molecule has 0 aliphatic heterocycles.